The van der Waals surface area contributed by atoms with Crippen molar-refractivity contribution >= 4 is 22.7 Å². The third-order valence-corrected chi connectivity index (χ3v) is 1.89. The molecule has 0 spiro atoms. The van der Waals surface area contributed by atoms with Crippen LogP contribution in [0.15, 0.2) is 0 Å². The lowest BCUT2D eigenvalue weighted by Gasteiger charge is -1.93. The van der Waals surface area contributed by atoms with Gasteiger partial charge in [-0.3, -0.25) is 9.59 Å². The monoisotopic (exact) mass is 160 g/mol. The van der Waals surface area contributed by atoms with Crippen LogP contribution in [0.4, 0.5) is 0 Å². The van der Waals surface area contributed by atoms with Gasteiger partial charge in [0, 0.05) is 19.3 Å². The molecule has 58 valence electrons. The summed E-state index contributed by atoms with van der Waals surface area (Å²) in [5.74, 6) is 0.169. The Morgan fingerprint density at radius 2 is 1.90 bits per heavy atom. The minimum Gasteiger partial charge on any atom is -0.300 e. The topological polar surface area (TPSA) is 34.1 Å². The summed E-state index contributed by atoms with van der Waals surface area (Å²) in [4.78, 5) is 21.3. The van der Waals surface area contributed by atoms with E-state index in [1.54, 1.807) is 6.26 Å². The standard InChI is InChI=1S/C7H12O2S/c1-3-6(8)4-5-7(9)10-2/h3-5H2,1-2H3. The van der Waals surface area contributed by atoms with Gasteiger partial charge in [0.1, 0.15) is 5.78 Å². The molecule has 0 saturated carbocycles. The predicted octanol–water partition coefficient (Wildman–Crippen LogP) is 1.64. The average molecular weight is 160 g/mol. The van der Waals surface area contributed by atoms with Gasteiger partial charge in [-0.05, 0) is 6.26 Å². The zero-order chi connectivity index (χ0) is 7.98. The Bertz CT molecular complexity index is 116. The number of hydrogen-bond donors (Lipinski definition) is 0. The van der Waals surface area contributed by atoms with Gasteiger partial charge in [-0.15, -0.1) is 0 Å². The van der Waals surface area contributed by atoms with Crippen LogP contribution in [0.2, 0.25) is 0 Å². The number of carbonyl (C=O) groups is 2. The van der Waals surface area contributed by atoms with Gasteiger partial charge >= 0.3 is 0 Å². The number of hydrogen-bond acceptors (Lipinski definition) is 3. The quantitative estimate of drug-likeness (QED) is 0.627. The smallest absolute Gasteiger partial charge is 0.189 e. The molecule has 0 aromatic carbocycles. The number of ketones is 1. The fraction of sp³-hybridized carbons (Fsp3) is 0.714. The first-order valence-electron chi connectivity index (χ1n) is 3.29. The lowest BCUT2D eigenvalue weighted by Crippen LogP contribution is -1.98. The maximum absolute atomic E-state index is 10.7. The third kappa shape index (κ3) is 4.56. The van der Waals surface area contributed by atoms with Crippen molar-refractivity contribution in [3.63, 3.8) is 0 Å². The number of thioether (sulfide) groups is 1. The van der Waals surface area contributed by atoms with Gasteiger partial charge in [-0.2, -0.15) is 0 Å². The molecule has 0 rings (SSSR count). The fourth-order valence-corrected chi connectivity index (χ4v) is 0.827. The molecule has 3 heteroatoms. The van der Waals surface area contributed by atoms with Crippen molar-refractivity contribution < 1.29 is 9.59 Å². The highest BCUT2D eigenvalue weighted by atomic mass is 32.2. The second kappa shape index (κ2) is 5.47. The zero-order valence-electron chi connectivity index (χ0n) is 6.35. The lowest BCUT2D eigenvalue weighted by molar-refractivity contribution is -0.121. The predicted molar refractivity (Wildman–Crippen MR) is 43.1 cm³/mol. The van der Waals surface area contributed by atoms with E-state index in [1.807, 2.05) is 6.92 Å². The van der Waals surface area contributed by atoms with E-state index in [0.29, 0.717) is 19.3 Å². The highest BCUT2D eigenvalue weighted by molar-refractivity contribution is 8.13. The zero-order valence-corrected chi connectivity index (χ0v) is 7.16. The first-order chi connectivity index (χ1) is 4.70. The van der Waals surface area contributed by atoms with Crippen LogP contribution < -0.4 is 0 Å². The van der Waals surface area contributed by atoms with E-state index in [1.165, 1.54) is 11.8 Å². The van der Waals surface area contributed by atoms with E-state index in [9.17, 15) is 9.59 Å². The molecule has 0 unspecified atom stereocenters. The molecular weight excluding hydrogens is 148 g/mol. The largest absolute Gasteiger partial charge is 0.300 e. The van der Waals surface area contributed by atoms with Crippen molar-refractivity contribution in [1.29, 1.82) is 0 Å². The van der Waals surface area contributed by atoms with Crippen molar-refractivity contribution in [3.05, 3.63) is 0 Å². The molecule has 0 radical (unpaired) electrons. The van der Waals surface area contributed by atoms with Crippen molar-refractivity contribution in [2.24, 2.45) is 0 Å². The molecule has 0 aromatic heterocycles. The van der Waals surface area contributed by atoms with Crippen molar-refractivity contribution in [2.45, 2.75) is 26.2 Å². The molecule has 0 saturated heterocycles. The number of rotatable bonds is 4. The molecule has 0 heterocycles. The highest BCUT2D eigenvalue weighted by Crippen LogP contribution is 2.03. The second-order valence-corrected chi connectivity index (χ2v) is 2.83. The Balaban J connectivity index is 3.35. The summed E-state index contributed by atoms with van der Waals surface area (Å²) in [6.07, 6.45) is 3.09. The van der Waals surface area contributed by atoms with E-state index < -0.39 is 0 Å². The molecular formula is C7H12O2S. The van der Waals surface area contributed by atoms with Crippen LogP contribution in [0.25, 0.3) is 0 Å². The second-order valence-electron chi connectivity index (χ2n) is 1.97. The molecule has 0 fully saturated rings. The van der Waals surface area contributed by atoms with Crippen LogP contribution >= 0.6 is 11.8 Å². The van der Waals surface area contributed by atoms with Gasteiger partial charge in [-0.1, -0.05) is 18.7 Å². The van der Waals surface area contributed by atoms with Gasteiger partial charge in [-0.25, -0.2) is 0 Å². The van der Waals surface area contributed by atoms with Crippen LogP contribution in [0.1, 0.15) is 26.2 Å². The molecule has 0 amide bonds. The van der Waals surface area contributed by atoms with Crippen LogP contribution in [-0.2, 0) is 9.59 Å². The maximum Gasteiger partial charge on any atom is 0.189 e. The first kappa shape index (κ1) is 9.69. The molecule has 0 N–H and O–H groups in total. The molecule has 0 aliphatic carbocycles. The van der Waals surface area contributed by atoms with Crippen LogP contribution in [0, 0.1) is 0 Å². The Labute approximate surface area is 65.4 Å². The molecule has 0 aliphatic rings. The lowest BCUT2D eigenvalue weighted by atomic mass is 10.2. The minimum absolute atomic E-state index is 0.0989. The fourth-order valence-electron chi connectivity index (χ4n) is 0.520. The Morgan fingerprint density at radius 3 is 2.30 bits per heavy atom. The van der Waals surface area contributed by atoms with Crippen molar-refractivity contribution in [3.8, 4) is 0 Å². The Hall–Kier alpha value is -0.310. The van der Waals surface area contributed by atoms with Crippen LogP contribution in [0.3, 0.4) is 0 Å². The molecule has 0 aliphatic heterocycles. The Morgan fingerprint density at radius 1 is 1.30 bits per heavy atom. The maximum atomic E-state index is 10.7. The van der Waals surface area contributed by atoms with Gasteiger partial charge in [0.15, 0.2) is 5.12 Å². The minimum atomic E-state index is 0.0989. The molecule has 0 atom stereocenters. The Kier molecular flexibility index (Phi) is 5.30. The van der Waals surface area contributed by atoms with Crippen LogP contribution in [0.5, 0.6) is 0 Å². The number of Topliss-reactive ketones (excluding diaryl/α,β-unsaturated/α-hetero) is 1. The van der Waals surface area contributed by atoms with Gasteiger partial charge in [0.2, 0.25) is 0 Å². The molecule has 2 nitrogen and oxygen atoms in total. The normalized spacial score (nSPS) is 9.40. The molecule has 0 bridgehead atoms. The SMILES string of the molecule is CCC(=O)CCC(=O)SC. The van der Waals surface area contributed by atoms with Crippen LogP contribution in [-0.4, -0.2) is 17.2 Å². The number of carbonyl (C=O) groups excluding carboxylic acids is 2. The molecule has 0 aromatic rings. The van der Waals surface area contributed by atoms with Gasteiger partial charge in [0.25, 0.3) is 0 Å². The van der Waals surface area contributed by atoms with E-state index in [0.717, 1.165) is 0 Å². The summed E-state index contributed by atoms with van der Waals surface area (Å²) >= 11 is 1.19. The summed E-state index contributed by atoms with van der Waals surface area (Å²) in [7, 11) is 0. The van der Waals surface area contributed by atoms with Crippen molar-refractivity contribution in [1.82, 2.24) is 0 Å². The molecule has 10 heavy (non-hydrogen) atoms. The summed E-state index contributed by atoms with van der Waals surface area (Å²) in [6.45, 7) is 1.81. The third-order valence-electron chi connectivity index (χ3n) is 1.23. The summed E-state index contributed by atoms with van der Waals surface area (Å²) in [6, 6.07) is 0. The van der Waals surface area contributed by atoms with E-state index >= 15 is 0 Å². The van der Waals surface area contributed by atoms with E-state index in [4.69, 9.17) is 0 Å². The first-order valence-corrected chi connectivity index (χ1v) is 4.51. The van der Waals surface area contributed by atoms with Gasteiger partial charge < -0.3 is 0 Å². The van der Waals surface area contributed by atoms with E-state index in [-0.39, 0.29) is 10.9 Å². The highest BCUT2D eigenvalue weighted by Gasteiger charge is 2.02. The summed E-state index contributed by atoms with van der Waals surface area (Å²) in [5, 5.41) is 0.0989. The van der Waals surface area contributed by atoms with Crippen molar-refractivity contribution in [2.75, 3.05) is 6.26 Å². The average Bonchev–Trinajstić information content (AvgIpc) is 1.99. The summed E-state index contributed by atoms with van der Waals surface area (Å²) < 4.78 is 0. The summed E-state index contributed by atoms with van der Waals surface area (Å²) in [5.41, 5.74) is 0. The van der Waals surface area contributed by atoms with Gasteiger partial charge in [0.05, 0.1) is 0 Å². The van der Waals surface area contributed by atoms with E-state index in [2.05, 4.69) is 0 Å².